The van der Waals surface area contributed by atoms with E-state index in [4.69, 9.17) is 14.2 Å². The molecule has 0 atom stereocenters. The van der Waals surface area contributed by atoms with Crippen molar-refractivity contribution in [3.8, 4) is 5.75 Å². The van der Waals surface area contributed by atoms with Crippen LogP contribution in [0.2, 0.25) is 0 Å². The molecule has 0 aliphatic heterocycles. The molecule has 1 aromatic heterocycles. The number of fused-ring (bicyclic) bond motifs is 3. The van der Waals surface area contributed by atoms with E-state index >= 15 is 0 Å². The quantitative estimate of drug-likeness (QED) is 0.332. The van der Waals surface area contributed by atoms with Gasteiger partial charge in [-0.25, -0.2) is 9.59 Å². The Bertz CT molecular complexity index is 1280. The normalized spacial score (nSPS) is 10.9. The molecule has 0 fully saturated rings. The zero-order chi connectivity index (χ0) is 22.0. The van der Waals surface area contributed by atoms with Crippen LogP contribution in [0.5, 0.6) is 5.75 Å². The fraction of sp³-hybridized carbons (Fsp3) is 0.167. The van der Waals surface area contributed by atoms with Crippen LogP contribution in [0.3, 0.4) is 0 Å². The van der Waals surface area contributed by atoms with E-state index in [9.17, 15) is 9.59 Å². The van der Waals surface area contributed by atoms with Crippen molar-refractivity contribution in [3.05, 3.63) is 71.3 Å². The Morgan fingerprint density at radius 3 is 2.39 bits per heavy atom. The molecule has 0 amide bonds. The van der Waals surface area contributed by atoms with Gasteiger partial charge >= 0.3 is 11.9 Å². The van der Waals surface area contributed by atoms with Crippen LogP contribution < -0.4 is 4.74 Å². The number of aromatic nitrogens is 1. The second-order valence-electron chi connectivity index (χ2n) is 6.84. The summed E-state index contributed by atoms with van der Waals surface area (Å²) in [5.41, 5.74) is 2.98. The minimum absolute atomic E-state index is 0.169. The molecule has 0 saturated carbocycles. The van der Waals surface area contributed by atoms with Gasteiger partial charge in [-0.15, -0.1) is 11.8 Å². The molecule has 31 heavy (non-hydrogen) atoms. The highest BCUT2D eigenvalue weighted by Gasteiger charge is 2.26. The van der Waals surface area contributed by atoms with Crippen LogP contribution in [0.15, 0.2) is 59.5 Å². The van der Waals surface area contributed by atoms with Crippen molar-refractivity contribution in [2.45, 2.75) is 11.5 Å². The first-order valence-electron chi connectivity index (χ1n) is 9.57. The molecule has 0 unspecified atom stereocenters. The first-order chi connectivity index (χ1) is 15.1. The fourth-order valence-electron chi connectivity index (χ4n) is 3.60. The van der Waals surface area contributed by atoms with E-state index in [1.165, 1.54) is 26.0 Å². The van der Waals surface area contributed by atoms with Crippen LogP contribution in [-0.4, -0.2) is 37.4 Å². The van der Waals surface area contributed by atoms with Crippen LogP contribution in [0.4, 0.5) is 0 Å². The van der Waals surface area contributed by atoms with Crippen LogP contribution in [0.1, 0.15) is 26.3 Å². The molecule has 4 aromatic rings. The molecular formula is C24H21NO5S. The highest BCUT2D eigenvalue weighted by Crippen LogP contribution is 2.38. The summed E-state index contributed by atoms with van der Waals surface area (Å²) in [5.74, 6) is -0.541. The lowest BCUT2D eigenvalue weighted by Gasteiger charge is -2.11. The number of carbonyl (C=O) groups excluding carboxylic acids is 2. The third kappa shape index (κ3) is 3.84. The van der Waals surface area contributed by atoms with Crippen LogP contribution in [0, 0.1) is 0 Å². The summed E-state index contributed by atoms with van der Waals surface area (Å²) < 4.78 is 15.9. The van der Waals surface area contributed by atoms with E-state index in [-0.39, 0.29) is 11.1 Å². The van der Waals surface area contributed by atoms with Crippen molar-refractivity contribution >= 4 is 45.5 Å². The second-order valence-corrected chi connectivity index (χ2v) is 7.69. The maximum atomic E-state index is 12.7. The third-order valence-electron chi connectivity index (χ3n) is 5.07. The number of H-pyrrole nitrogens is 1. The van der Waals surface area contributed by atoms with Crippen molar-refractivity contribution in [1.29, 1.82) is 0 Å². The third-order valence-corrected chi connectivity index (χ3v) is 5.84. The Balaban J connectivity index is 1.92. The number of aromatic amines is 1. The van der Waals surface area contributed by atoms with Gasteiger partial charge < -0.3 is 19.2 Å². The smallest absolute Gasteiger partial charge is 0.339 e. The minimum atomic E-state index is -0.602. The number of methoxy groups -OCH3 is 2. The maximum Gasteiger partial charge on any atom is 0.339 e. The summed E-state index contributed by atoms with van der Waals surface area (Å²) in [6, 6.07) is 17.2. The van der Waals surface area contributed by atoms with Crippen molar-refractivity contribution in [2.24, 2.45) is 0 Å². The van der Waals surface area contributed by atoms with Gasteiger partial charge in [0, 0.05) is 21.2 Å². The van der Waals surface area contributed by atoms with E-state index in [0.29, 0.717) is 17.7 Å². The molecule has 3 aromatic carbocycles. The molecule has 0 aliphatic carbocycles. The molecule has 4 rings (SSSR count). The molecule has 0 bridgehead atoms. The SMILES string of the molecule is COC(=O)c1cc(SC)c2[nH]c3ccc(OCc4ccccc4)cc3c2c1C(=O)OC. The van der Waals surface area contributed by atoms with Gasteiger partial charge in [0.2, 0.25) is 0 Å². The van der Waals surface area contributed by atoms with Gasteiger partial charge in [-0.3, -0.25) is 0 Å². The zero-order valence-electron chi connectivity index (χ0n) is 17.4. The van der Waals surface area contributed by atoms with Crippen molar-refractivity contribution in [3.63, 3.8) is 0 Å². The molecule has 0 aliphatic rings. The Morgan fingerprint density at radius 2 is 1.71 bits per heavy atom. The van der Waals surface area contributed by atoms with E-state index in [0.717, 1.165) is 26.9 Å². The zero-order valence-corrected chi connectivity index (χ0v) is 18.2. The highest BCUT2D eigenvalue weighted by atomic mass is 32.2. The number of carbonyl (C=O) groups is 2. The van der Waals surface area contributed by atoms with Gasteiger partial charge in [0.05, 0.1) is 30.9 Å². The summed E-state index contributed by atoms with van der Waals surface area (Å²) >= 11 is 1.47. The summed E-state index contributed by atoms with van der Waals surface area (Å²) in [4.78, 5) is 29.4. The lowest BCUT2D eigenvalue weighted by atomic mass is 10.00. The van der Waals surface area contributed by atoms with E-state index in [2.05, 4.69) is 4.98 Å². The molecule has 6 nitrogen and oxygen atoms in total. The molecule has 158 valence electrons. The number of benzene rings is 3. The first-order valence-corrected chi connectivity index (χ1v) is 10.8. The van der Waals surface area contributed by atoms with E-state index in [1.54, 1.807) is 6.07 Å². The molecule has 0 spiro atoms. The van der Waals surface area contributed by atoms with Gasteiger partial charge in [0.15, 0.2) is 0 Å². The van der Waals surface area contributed by atoms with Gasteiger partial charge in [0.25, 0.3) is 0 Å². The average molecular weight is 436 g/mol. The fourth-order valence-corrected chi connectivity index (χ4v) is 4.20. The molecule has 1 N–H and O–H groups in total. The number of thioether (sulfide) groups is 1. The lowest BCUT2D eigenvalue weighted by Crippen LogP contribution is -2.12. The predicted molar refractivity (Wildman–Crippen MR) is 121 cm³/mol. The van der Waals surface area contributed by atoms with Crippen molar-refractivity contribution in [2.75, 3.05) is 20.5 Å². The van der Waals surface area contributed by atoms with Gasteiger partial charge in [0.1, 0.15) is 12.4 Å². The van der Waals surface area contributed by atoms with Crippen LogP contribution >= 0.6 is 11.8 Å². The Kier molecular flexibility index (Phi) is 5.86. The van der Waals surface area contributed by atoms with Gasteiger partial charge in [-0.1, -0.05) is 30.3 Å². The van der Waals surface area contributed by atoms with Crippen LogP contribution in [0.25, 0.3) is 21.8 Å². The second kappa shape index (κ2) is 8.73. The van der Waals surface area contributed by atoms with Crippen LogP contribution in [-0.2, 0) is 16.1 Å². The summed E-state index contributed by atoms with van der Waals surface area (Å²) in [7, 11) is 2.58. The van der Waals surface area contributed by atoms with Crippen molar-refractivity contribution < 1.29 is 23.8 Å². The number of hydrogen-bond acceptors (Lipinski definition) is 6. The number of rotatable bonds is 6. The lowest BCUT2D eigenvalue weighted by molar-refractivity contribution is 0.0557. The largest absolute Gasteiger partial charge is 0.489 e. The average Bonchev–Trinajstić information content (AvgIpc) is 3.20. The van der Waals surface area contributed by atoms with E-state index < -0.39 is 11.9 Å². The number of ether oxygens (including phenoxy) is 3. The number of esters is 2. The van der Waals surface area contributed by atoms with Gasteiger partial charge in [-0.2, -0.15) is 0 Å². The summed E-state index contributed by atoms with van der Waals surface area (Å²) in [5, 5.41) is 1.38. The molecule has 1 heterocycles. The molecular weight excluding hydrogens is 414 g/mol. The topological polar surface area (TPSA) is 77.6 Å². The Labute approximate surface area is 183 Å². The van der Waals surface area contributed by atoms with Gasteiger partial charge in [-0.05, 0) is 36.1 Å². The summed E-state index contributed by atoms with van der Waals surface area (Å²) in [6.45, 7) is 0.419. The Hall–Kier alpha value is -3.45. The standard InChI is InChI=1S/C24H21NO5S/c1-28-23(26)17-12-19(31-3)22-20(21(17)24(27)29-2)16-11-15(9-10-18(16)25-22)30-13-14-7-5-4-6-8-14/h4-12,25H,13H2,1-3H3. The molecule has 7 heteroatoms. The highest BCUT2D eigenvalue weighted by molar-refractivity contribution is 7.98. The Morgan fingerprint density at radius 1 is 0.968 bits per heavy atom. The minimum Gasteiger partial charge on any atom is -0.489 e. The van der Waals surface area contributed by atoms with E-state index in [1.807, 2.05) is 54.8 Å². The number of hydrogen-bond donors (Lipinski definition) is 1. The van der Waals surface area contributed by atoms with Crippen molar-refractivity contribution in [1.82, 2.24) is 4.98 Å². The summed E-state index contributed by atoms with van der Waals surface area (Å²) in [6.07, 6.45) is 1.91. The molecule has 0 saturated heterocycles. The number of nitrogens with one attached hydrogen (secondary N) is 1. The monoisotopic (exact) mass is 435 g/mol. The molecule has 0 radical (unpaired) electrons. The predicted octanol–water partition coefficient (Wildman–Crippen LogP) is 5.20. The first kappa shape index (κ1) is 20.8. The maximum absolute atomic E-state index is 12.7.